The summed E-state index contributed by atoms with van der Waals surface area (Å²) in [6.45, 7) is 1.47. The van der Waals surface area contributed by atoms with Crippen molar-refractivity contribution in [2.45, 2.75) is 19.6 Å². The molecule has 0 aliphatic rings. The second-order valence-electron chi connectivity index (χ2n) is 4.95. The van der Waals surface area contributed by atoms with E-state index in [0.29, 0.717) is 6.07 Å². The Morgan fingerprint density at radius 3 is 2.30 bits per heavy atom. The third kappa shape index (κ3) is 4.88. The summed E-state index contributed by atoms with van der Waals surface area (Å²) in [7, 11) is 0. The second kappa shape index (κ2) is 7.49. The Balaban J connectivity index is 1.91. The van der Waals surface area contributed by atoms with E-state index in [0.717, 1.165) is 17.7 Å². The van der Waals surface area contributed by atoms with Gasteiger partial charge in [0.15, 0.2) is 5.78 Å². The largest absolute Gasteiger partial charge is 0.445 e. The summed E-state index contributed by atoms with van der Waals surface area (Å²) in [4.78, 5) is 23.7. The Labute approximate surface area is 132 Å². The molecule has 1 unspecified atom stereocenters. The van der Waals surface area contributed by atoms with Crippen molar-refractivity contribution < 1.29 is 23.1 Å². The Kier molecular flexibility index (Phi) is 5.41. The number of hydrogen-bond acceptors (Lipinski definition) is 3. The van der Waals surface area contributed by atoms with Gasteiger partial charge in [0.1, 0.15) is 18.2 Å². The lowest BCUT2D eigenvalue weighted by molar-refractivity contribution is 0.0926. The van der Waals surface area contributed by atoms with Gasteiger partial charge in [-0.05, 0) is 24.6 Å². The molecule has 1 N–H and O–H groups in total. The van der Waals surface area contributed by atoms with E-state index in [9.17, 15) is 18.4 Å². The highest BCUT2D eigenvalue weighted by molar-refractivity contribution is 6.01. The predicted molar refractivity (Wildman–Crippen MR) is 79.9 cm³/mol. The van der Waals surface area contributed by atoms with Crippen LogP contribution < -0.4 is 5.32 Å². The molecule has 120 valence electrons. The zero-order chi connectivity index (χ0) is 16.8. The van der Waals surface area contributed by atoms with E-state index in [-0.39, 0.29) is 12.2 Å². The lowest BCUT2D eigenvalue weighted by atomic mass is 10.1. The average molecular weight is 319 g/mol. The molecule has 2 aromatic rings. The van der Waals surface area contributed by atoms with Crippen molar-refractivity contribution in [1.29, 1.82) is 0 Å². The standard InChI is InChI=1S/C17H15F2NO3/c1-11(16(21)13-7-14(18)9-15(19)8-13)20-17(22)23-10-12-5-3-2-4-6-12/h2-9,11H,10H2,1H3,(H,20,22). The first-order chi connectivity index (χ1) is 11.0. The fourth-order valence-electron chi connectivity index (χ4n) is 1.95. The molecule has 0 aliphatic heterocycles. The fourth-order valence-corrected chi connectivity index (χ4v) is 1.95. The predicted octanol–water partition coefficient (Wildman–Crippen LogP) is 3.46. The van der Waals surface area contributed by atoms with Crippen LogP contribution in [0.4, 0.5) is 13.6 Å². The first kappa shape index (κ1) is 16.6. The minimum Gasteiger partial charge on any atom is -0.445 e. The molecule has 0 spiro atoms. The fraction of sp³-hybridized carbons (Fsp3) is 0.176. The minimum atomic E-state index is -0.973. The summed E-state index contributed by atoms with van der Waals surface area (Å²) in [5.41, 5.74) is 0.646. The van der Waals surface area contributed by atoms with E-state index in [1.807, 2.05) is 6.07 Å². The third-order valence-electron chi connectivity index (χ3n) is 3.09. The van der Waals surface area contributed by atoms with E-state index in [2.05, 4.69) is 5.32 Å². The summed E-state index contributed by atoms with van der Waals surface area (Å²) in [5.74, 6) is -2.32. The number of nitrogens with one attached hydrogen (secondary N) is 1. The smallest absolute Gasteiger partial charge is 0.408 e. The van der Waals surface area contributed by atoms with Crippen LogP contribution >= 0.6 is 0 Å². The number of ether oxygens (including phenoxy) is 1. The number of amides is 1. The molecule has 0 aromatic heterocycles. The first-order valence-corrected chi connectivity index (χ1v) is 6.93. The van der Waals surface area contributed by atoms with Crippen molar-refractivity contribution in [2.75, 3.05) is 0 Å². The van der Waals surface area contributed by atoms with Crippen LogP contribution in [0.2, 0.25) is 0 Å². The third-order valence-corrected chi connectivity index (χ3v) is 3.09. The Morgan fingerprint density at radius 1 is 1.09 bits per heavy atom. The van der Waals surface area contributed by atoms with Gasteiger partial charge in [0.25, 0.3) is 0 Å². The number of alkyl carbamates (subject to hydrolysis) is 1. The molecular formula is C17H15F2NO3. The van der Waals surface area contributed by atoms with Gasteiger partial charge in [0, 0.05) is 11.6 Å². The number of carbonyl (C=O) groups excluding carboxylic acids is 2. The van der Waals surface area contributed by atoms with Crippen molar-refractivity contribution in [3.05, 3.63) is 71.3 Å². The Hall–Kier alpha value is -2.76. The summed E-state index contributed by atoms with van der Waals surface area (Å²) < 4.78 is 31.2. The maximum atomic E-state index is 13.1. The van der Waals surface area contributed by atoms with Crippen LogP contribution in [0.1, 0.15) is 22.8 Å². The van der Waals surface area contributed by atoms with E-state index in [1.165, 1.54) is 6.92 Å². The molecule has 1 atom stereocenters. The van der Waals surface area contributed by atoms with Gasteiger partial charge in [0.05, 0.1) is 6.04 Å². The molecule has 1 amide bonds. The van der Waals surface area contributed by atoms with Gasteiger partial charge in [-0.1, -0.05) is 30.3 Å². The van der Waals surface area contributed by atoms with E-state index < -0.39 is 29.6 Å². The summed E-state index contributed by atoms with van der Waals surface area (Å²) >= 11 is 0. The molecule has 2 aromatic carbocycles. The molecule has 23 heavy (non-hydrogen) atoms. The van der Waals surface area contributed by atoms with Gasteiger partial charge < -0.3 is 10.1 Å². The second-order valence-corrected chi connectivity index (χ2v) is 4.95. The van der Waals surface area contributed by atoms with E-state index in [4.69, 9.17) is 4.74 Å². The number of rotatable bonds is 5. The van der Waals surface area contributed by atoms with Crippen molar-refractivity contribution in [3.63, 3.8) is 0 Å². The molecule has 4 nitrogen and oxygen atoms in total. The molecule has 6 heteroatoms. The van der Waals surface area contributed by atoms with Crippen LogP contribution in [0.5, 0.6) is 0 Å². The van der Waals surface area contributed by atoms with Crippen LogP contribution in [0.15, 0.2) is 48.5 Å². The normalized spacial score (nSPS) is 11.6. The van der Waals surface area contributed by atoms with Gasteiger partial charge in [-0.25, -0.2) is 13.6 Å². The number of ketones is 1. The number of benzene rings is 2. The van der Waals surface area contributed by atoms with Gasteiger partial charge in [0.2, 0.25) is 0 Å². The molecule has 0 heterocycles. The summed E-state index contributed by atoms with van der Waals surface area (Å²) in [6.07, 6.45) is -0.786. The SMILES string of the molecule is CC(NC(=O)OCc1ccccc1)C(=O)c1cc(F)cc(F)c1. The lowest BCUT2D eigenvalue weighted by Crippen LogP contribution is -2.38. The molecule has 2 rings (SSSR count). The molecule has 0 radical (unpaired) electrons. The zero-order valence-electron chi connectivity index (χ0n) is 12.4. The number of halogens is 2. The van der Waals surface area contributed by atoms with Gasteiger partial charge in [-0.3, -0.25) is 4.79 Å². The summed E-state index contributed by atoms with van der Waals surface area (Å²) in [6, 6.07) is 10.6. The van der Waals surface area contributed by atoms with Crippen LogP contribution in [-0.2, 0) is 11.3 Å². The maximum absolute atomic E-state index is 13.1. The quantitative estimate of drug-likeness (QED) is 0.859. The monoisotopic (exact) mass is 319 g/mol. The van der Waals surface area contributed by atoms with Crippen molar-refractivity contribution in [3.8, 4) is 0 Å². The van der Waals surface area contributed by atoms with Crippen LogP contribution in [0, 0.1) is 11.6 Å². The molecule has 0 saturated heterocycles. The average Bonchev–Trinajstić information content (AvgIpc) is 2.52. The molecule has 0 fully saturated rings. The highest BCUT2D eigenvalue weighted by atomic mass is 19.1. The topological polar surface area (TPSA) is 55.4 Å². The van der Waals surface area contributed by atoms with E-state index in [1.54, 1.807) is 24.3 Å². The van der Waals surface area contributed by atoms with Crippen LogP contribution in [-0.4, -0.2) is 17.9 Å². The first-order valence-electron chi connectivity index (χ1n) is 6.93. The van der Waals surface area contributed by atoms with E-state index >= 15 is 0 Å². The van der Waals surface area contributed by atoms with Crippen molar-refractivity contribution in [1.82, 2.24) is 5.32 Å². The van der Waals surface area contributed by atoms with Gasteiger partial charge in [-0.2, -0.15) is 0 Å². The number of carbonyl (C=O) groups is 2. The lowest BCUT2D eigenvalue weighted by Gasteiger charge is -2.13. The maximum Gasteiger partial charge on any atom is 0.408 e. The summed E-state index contributed by atoms with van der Waals surface area (Å²) in [5, 5.41) is 2.33. The van der Waals surface area contributed by atoms with Gasteiger partial charge in [-0.15, -0.1) is 0 Å². The van der Waals surface area contributed by atoms with Crippen LogP contribution in [0.25, 0.3) is 0 Å². The highest BCUT2D eigenvalue weighted by Gasteiger charge is 2.19. The Morgan fingerprint density at radius 2 is 1.70 bits per heavy atom. The molecule has 0 saturated carbocycles. The number of hydrogen-bond donors (Lipinski definition) is 1. The Bertz CT molecular complexity index is 684. The molecular weight excluding hydrogens is 304 g/mol. The highest BCUT2D eigenvalue weighted by Crippen LogP contribution is 2.10. The molecule has 0 bridgehead atoms. The molecule has 0 aliphatic carbocycles. The van der Waals surface area contributed by atoms with Crippen molar-refractivity contribution >= 4 is 11.9 Å². The zero-order valence-corrected chi connectivity index (χ0v) is 12.4. The number of Topliss-reactive ketones (excluding diaryl/α,β-unsaturated/α-hetero) is 1. The van der Waals surface area contributed by atoms with Crippen LogP contribution in [0.3, 0.4) is 0 Å². The van der Waals surface area contributed by atoms with Crippen molar-refractivity contribution in [2.24, 2.45) is 0 Å². The minimum absolute atomic E-state index is 0.0577. The van der Waals surface area contributed by atoms with Gasteiger partial charge >= 0.3 is 6.09 Å².